The standard InChI is InChI=1S/C14H23N3O4/c1-16(9-12(18)17-6-2-3-7-17)14(21)15-11-5-4-10(8-11)13(19)20/h10-11H,2-9H2,1H3,(H,15,21)(H,19,20). The minimum Gasteiger partial charge on any atom is -0.481 e. The van der Waals surface area contributed by atoms with Gasteiger partial charge in [0.25, 0.3) is 0 Å². The molecule has 2 rings (SSSR count). The van der Waals surface area contributed by atoms with Crippen LogP contribution in [0, 0.1) is 5.92 Å². The van der Waals surface area contributed by atoms with E-state index in [1.807, 2.05) is 0 Å². The normalized spacial score (nSPS) is 24.9. The maximum Gasteiger partial charge on any atom is 0.317 e. The number of urea groups is 1. The molecule has 1 heterocycles. The zero-order chi connectivity index (χ0) is 15.4. The molecule has 3 amide bonds. The van der Waals surface area contributed by atoms with Gasteiger partial charge in [-0.25, -0.2) is 4.79 Å². The molecule has 2 atom stereocenters. The van der Waals surface area contributed by atoms with Gasteiger partial charge in [-0.05, 0) is 32.1 Å². The van der Waals surface area contributed by atoms with Gasteiger partial charge in [-0.2, -0.15) is 0 Å². The molecule has 2 unspecified atom stereocenters. The average molecular weight is 297 g/mol. The van der Waals surface area contributed by atoms with E-state index in [0.29, 0.717) is 19.3 Å². The number of nitrogens with one attached hydrogen (secondary N) is 1. The summed E-state index contributed by atoms with van der Waals surface area (Å²) in [4.78, 5) is 38.0. The summed E-state index contributed by atoms with van der Waals surface area (Å²) in [6, 6.07) is -0.415. The van der Waals surface area contributed by atoms with Crippen LogP contribution < -0.4 is 5.32 Å². The maximum absolute atomic E-state index is 12.0. The molecule has 1 saturated heterocycles. The molecule has 0 aromatic carbocycles. The lowest BCUT2D eigenvalue weighted by Gasteiger charge is -2.23. The largest absolute Gasteiger partial charge is 0.481 e. The Bertz CT molecular complexity index is 420. The summed E-state index contributed by atoms with van der Waals surface area (Å²) in [5, 5.41) is 11.8. The van der Waals surface area contributed by atoms with Gasteiger partial charge < -0.3 is 20.2 Å². The predicted molar refractivity (Wildman–Crippen MR) is 75.7 cm³/mol. The van der Waals surface area contributed by atoms with Crippen LogP contribution in [-0.2, 0) is 9.59 Å². The number of carboxylic acids is 1. The smallest absolute Gasteiger partial charge is 0.317 e. The second-order valence-corrected chi connectivity index (χ2v) is 5.94. The summed E-state index contributed by atoms with van der Waals surface area (Å²) in [7, 11) is 1.59. The van der Waals surface area contributed by atoms with Crippen molar-refractivity contribution in [2.45, 2.75) is 38.1 Å². The molecule has 0 spiro atoms. The van der Waals surface area contributed by atoms with Crippen molar-refractivity contribution in [3.05, 3.63) is 0 Å². The zero-order valence-electron chi connectivity index (χ0n) is 12.4. The van der Waals surface area contributed by atoms with Crippen LogP contribution in [0.4, 0.5) is 4.79 Å². The Morgan fingerprint density at radius 3 is 2.48 bits per heavy atom. The van der Waals surface area contributed by atoms with Crippen LogP contribution in [-0.4, -0.2) is 65.5 Å². The Morgan fingerprint density at radius 1 is 1.24 bits per heavy atom. The van der Waals surface area contributed by atoms with Gasteiger partial charge in [-0.3, -0.25) is 9.59 Å². The number of rotatable bonds is 4. The fourth-order valence-electron chi connectivity index (χ4n) is 2.96. The van der Waals surface area contributed by atoms with Crippen LogP contribution in [0.2, 0.25) is 0 Å². The number of aliphatic carboxylic acids is 1. The van der Waals surface area contributed by atoms with Crippen molar-refractivity contribution in [1.29, 1.82) is 0 Å². The minimum atomic E-state index is -0.802. The van der Waals surface area contributed by atoms with E-state index in [-0.39, 0.29) is 30.4 Å². The first-order chi connectivity index (χ1) is 9.97. The van der Waals surface area contributed by atoms with E-state index in [0.717, 1.165) is 25.9 Å². The van der Waals surface area contributed by atoms with E-state index in [4.69, 9.17) is 5.11 Å². The quantitative estimate of drug-likeness (QED) is 0.791. The van der Waals surface area contributed by atoms with E-state index in [1.165, 1.54) is 4.90 Å². The van der Waals surface area contributed by atoms with Crippen LogP contribution in [0.25, 0.3) is 0 Å². The van der Waals surface area contributed by atoms with Crippen LogP contribution in [0.3, 0.4) is 0 Å². The Balaban J connectivity index is 1.75. The van der Waals surface area contributed by atoms with Crippen LogP contribution in [0.5, 0.6) is 0 Å². The Labute approximate surface area is 124 Å². The lowest BCUT2D eigenvalue weighted by atomic mass is 10.1. The minimum absolute atomic E-state index is 0.0278. The molecule has 21 heavy (non-hydrogen) atoms. The van der Waals surface area contributed by atoms with Crippen molar-refractivity contribution in [1.82, 2.24) is 15.1 Å². The number of amides is 3. The van der Waals surface area contributed by atoms with Crippen molar-refractivity contribution < 1.29 is 19.5 Å². The summed E-state index contributed by atoms with van der Waals surface area (Å²) in [5.74, 6) is -1.20. The number of hydrogen-bond donors (Lipinski definition) is 2. The third-order valence-electron chi connectivity index (χ3n) is 4.29. The number of carboxylic acid groups (broad SMARTS) is 1. The third-order valence-corrected chi connectivity index (χ3v) is 4.29. The summed E-state index contributed by atoms with van der Waals surface area (Å²) in [6.45, 7) is 1.62. The highest BCUT2D eigenvalue weighted by Gasteiger charge is 2.31. The van der Waals surface area contributed by atoms with Gasteiger partial charge in [0.2, 0.25) is 5.91 Å². The highest BCUT2D eigenvalue weighted by Crippen LogP contribution is 2.25. The fourth-order valence-corrected chi connectivity index (χ4v) is 2.96. The van der Waals surface area contributed by atoms with E-state index in [9.17, 15) is 14.4 Å². The number of hydrogen-bond acceptors (Lipinski definition) is 3. The van der Waals surface area contributed by atoms with Gasteiger partial charge in [0.05, 0.1) is 5.92 Å². The van der Waals surface area contributed by atoms with Gasteiger partial charge in [0.1, 0.15) is 6.54 Å². The third kappa shape index (κ3) is 4.09. The average Bonchev–Trinajstić information content (AvgIpc) is 3.09. The molecule has 2 aliphatic rings. The van der Waals surface area contributed by atoms with E-state index >= 15 is 0 Å². The molecule has 2 fully saturated rings. The monoisotopic (exact) mass is 297 g/mol. The highest BCUT2D eigenvalue weighted by molar-refractivity contribution is 5.84. The lowest BCUT2D eigenvalue weighted by molar-refractivity contribution is -0.141. The second kappa shape index (κ2) is 6.78. The summed E-state index contributed by atoms with van der Waals surface area (Å²) < 4.78 is 0. The topological polar surface area (TPSA) is 90.0 Å². The van der Waals surface area contributed by atoms with Crippen molar-refractivity contribution in [3.63, 3.8) is 0 Å². The second-order valence-electron chi connectivity index (χ2n) is 5.94. The number of carbonyl (C=O) groups is 3. The zero-order valence-corrected chi connectivity index (χ0v) is 12.4. The molecule has 1 aliphatic heterocycles. The molecule has 1 saturated carbocycles. The number of likely N-dealkylation sites (tertiary alicyclic amines) is 1. The van der Waals surface area contributed by atoms with Crippen LogP contribution in [0.15, 0.2) is 0 Å². The SMILES string of the molecule is CN(CC(=O)N1CCCC1)C(=O)NC1CCC(C(=O)O)C1. The number of nitrogens with zero attached hydrogens (tertiary/aromatic N) is 2. The van der Waals surface area contributed by atoms with Crippen molar-refractivity contribution in [2.75, 3.05) is 26.7 Å². The Hall–Kier alpha value is -1.79. The molecule has 0 aromatic heterocycles. The number of carbonyl (C=O) groups excluding carboxylic acids is 2. The number of likely N-dealkylation sites (N-methyl/N-ethyl adjacent to an activating group) is 1. The Kier molecular flexibility index (Phi) is 5.03. The van der Waals surface area contributed by atoms with E-state index in [1.54, 1.807) is 11.9 Å². The first-order valence-electron chi connectivity index (χ1n) is 7.49. The molecule has 7 heteroatoms. The Morgan fingerprint density at radius 2 is 1.90 bits per heavy atom. The molecule has 0 radical (unpaired) electrons. The molecular formula is C14H23N3O4. The molecule has 118 valence electrons. The van der Waals surface area contributed by atoms with Crippen LogP contribution in [0.1, 0.15) is 32.1 Å². The fraction of sp³-hybridized carbons (Fsp3) is 0.786. The predicted octanol–water partition coefficient (Wildman–Crippen LogP) is 0.504. The van der Waals surface area contributed by atoms with Crippen LogP contribution >= 0.6 is 0 Å². The summed E-state index contributed by atoms with van der Waals surface area (Å²) in [6.07, 6.45) is 3.79. The molecule has 0 bridgehead atoms. The van der Waals surface area contributed by atoms with Gasteiger partial charge >= 0.3 is 12.0 Å². The van der Waals surface area contributed by atoms with Crippen molar-refractivity contribution in [3.8, 4) is 0 Å². The van der Waals surface area contributed by atoms with Gasteiger partial charge in [-0.15, -0.1) is 0 Å². The summed E-state index contributed by atoms with van der Waals surface area (Å²) in [5.41, 5.74) is 0. The lowest BCUT2D eigenvalue weighted by Crippen LogP contribution is -2.46. The molecular weight excluding hydrogens is 274 g/mol. The first-order valence-corrected chi connectivity index (χ1v) is 7.49. The van der Waals surface area contributed by atoms with Gasteiger partial charge in [-0.1, -0.05) is 0 Å². The van der Waals surface area contributed by atoms with Crippen molar-refractivity contribution >= 4 is 17.9 Å². The molecule has 2 N–H and O–H groups in total. The first kappa shape index (κ1) is 15.6. The molecule has 7 nitrogen and oxygen atoms in total. The molecule has 1 aliphatic carbocycles. The maximum atomic E-state index is 12.0. The van der Waals surface area contributed by atoms with Crippen molar-refractivity contribution in [2.24, 2.45) is 5.92 Å². The van der Waals surface area contributed by atoms with Gasteiger partial charge in [0, 0.05) is 26.2 Å². The van der Waals surface area contributed by atoms with Gasteiger partial charge in [0.15, 0.2) is 0 Å². The molecule has 0 aromatic rings. The van der Waals surface area contributed by atoms with E-state index in [2.05, 4.69) is 5.32 Å². The summed E-state index contributed by atoms with van der Waals surface area (Å²) >= 11 is 0. The van der Waals surface area contributed by atoms with E-state index < -0.39 is 5.97 Å². The highest BCUT2D eigenvalue weighted by atomic mass is 16.4.